The van der Waals surface area contributed by atoms with Gasteiger partial charge in [0.05, 0.1) is 5.02 Å². The van der Waals surface area contributed by atoms with Crippen LogP contribution in [-0.4, -0.2) is 36.0 Å². The van der Waals surface area contributed by atoms with Gasteiger partial charge in [-0.25, -0.2) is 0 Å². The number of piperidine rings is 1. The molecule has 20 heavy (non-hydrogen) atoms. The number of nitrogens with two attached hydrogens (primary N) is 1. The number of amides is 1. The molecule has 0 unspecified atom stereocenters. The second-order valence-electron chi connectivity index (χ2n) is 5.08. The zero-order valence-electron chi connectivity index (χ0n) is 11.3. The summed E-state index contributed by atoms with van der Waals surface area (Å²) < 4.78 is 5.47. The minimum Gasteiger partial charge on any atom is -0.482 e. The molecule has 2 N–H and O–H groups in total. The normalized spacial score (nSPS) is 22.7. The van der Waals surface area contributed by atoms with Gasteiger partial charge in [0.25, 0.3) is 5.91 Å². The average molecular weight is 317 g/mol. The largest absolute Gasteiger partial charge is 0.482 e. The number of nitrogens with zero attached hydrogens (tertiary/aromatic N) is 1. The van der Waals surface area contributed by atoms with Crippen LogP contribution in [0.5, 0.6) is 5.75 Å². The van der Waals surface area contributed by atoms with E-state index in [0.717, 1.165) is 12.8 Å². The van der Waals surface area contributed by atoms with Gasteiger partial charge in [-0.15, -0.1) is 0 Å². The van der Waals surface area contributed by atoms with Crippen LogP contribution in [0.1, 0.15) is 19.8 Å². The molecule has 0 spiro atoms. The summed E-state index contributed by atoms with van der Waals surface area (Å²) in [5.74, 6) is 0.370. The Morgan fingerprint density at radius 2 is 2.25 bits per heavy atom. The first-order valence-corrected chi connectivity index (χ1v) is 7.36. The number of carbonyl (C=O) groups excluding carboxylic acids is 1. The summed E-state index contributed by atoms with van der Waals surface area (Å²) in [7, 11) is 0. The monoisotopic (exact) mass is 316 g/mol. The lowest BCUT2D eigenvalue weighted by Crippen LogP contribution is -2.49. The molecule has 1 aromatic rings. The summed E-state index contributed by atoms with van der Waals surface area (Å²) in [6.45, 7) is 2.64. The van der Waals surface area contributed by atoms with Gasteiger partial charge in [0.1, 0.15) is 5.75 Å². The van der Waals surface area contributed by atoms with Crippen LogP contribution >= 0.6 is 23.2 Å². The van der Waals surface area contributed by atoms with E-state index in [1.54, 1.807) is 18.2 Å². The van der Waals surface area contributed by atoms with Crippen molar-refractivity contribution >= 4 is 29.1 Å². The van der Waals surface area contributed by atoms with Crippen LogP contribution in [0.15, 0.2) is 18.2 Å². The summed E-state index contributed by atoms with van der Waals surface area (Å²) in [6, 6.07) is 5.24. The van der Waals surface area contributed by atoms with Gasteiger partial charge in [0.15, 0.2) is 6.61 Å². The standard InChI is InChI=1S/C14H18Cl2N2O2/c1-9-6-11(17)4-5-18(9)14(19)8-20-13-7-10(15)2-3-12(13)16/h2-3,7,9,11H,4-6,8,17H2,1H3/t9-,11+/m1/s1. The second kappa shape index (κ2) is 6.66. The third-order valence-electron chi connectivity index (χ3n) is 3.48. The predicted octanol–water partition coefficient (Wildman–Crippen LogP) is 2.71. The first kappa shape index (κ1) is 15.4. The molecule has 0 aromatic heterocycles. The zero-order chi connectivity index (χ0) is 14.7. The molecule has 1 fully saturated rings. The van der Waals surface area contributed by atoms with Crippen LogP contribution in [0, 0.1) is 0 Å². The van der Waals surface area contributed by atoms with Crippen molar-refractivity contribution in [1.82, 2.24) is 4.90 Å². The number of carbonyl (C=O) groups is 1. The van der Waals surface area contributed by atoms with Crippen LogP contribution in [-0.2, 0) is 4.79 Å². The van der Waals surface area contributed by atoms with Crippen molar-refractivity contribution in [3.63, 3.8) is 0 Å². The van der Waals surface area contributed by atoms with Crippen LogP contribution in [0.25, 0.3) is 0 Å². The molecule has 4 nitrogen and oxygen atoms in total. The van der Waals surface area contributed by atoms with Gasteiger partial charge in [0.2, 0.25) is 0 Å². The highest BCUT2D eigenvalue weighted by atomic mass is 35.5. The Hall–Kier alpha value is -0.970. The summed E-state index contributed by atoms with van der Waals surface area (Å²) in [6.07, 6.45) is 1.65. The Kier molecular flexibility index (Phi) is 5.13. The Morgan fingerprint density at radius 3 is 2.95 bits per heavy atom. The fourth-order valence-electron chi connectivity index (χ4n) is 2.39. The Balaban J connectivity index is 1.93. The number of hydrogen-bond acceptors (Lipinski definition) is 3. The number of hydrogen-bond donors (Lipinski definition) is 1. The molecule has 1 amide bonds. The van der Waals surface area contributed by atoms with E-state index in [9.17, 15) is 4.79 Å². The van der Waals surface area contributed by atoms with Gasteiger partial charge in [-0.2, -0.15) is 0 Å². The molecule has 1 aliphatic heterocycles. The highest BCUT2D eigenvalue weighted by molar-refractivity contribution is 6.34. The molecule has 110 valence electrons. The van der Waals surface area contributed by atoms with E-state index >= 15 is 0 Å². The summed E-state index contributed by atoms with van der Waals surface area (Å²) in [5.41, 5.74) is 5.89. The molecule has 1 aliphatic rings. The van der Waals surface area contributed by atoms with Crippen molar-refractivity contribution < 1.29 is 9.53 Å². The first-order chi connectivity index (χ1) is 9.47. The maximum absolute atomic E-state index is 12.2. The van der Waals surface area contributed by atoms with Crippen molar-refractivity contribution in [2.75, 3.05) is 13.2 Å². The van der Waals surface area contributed by atoms with Gasteiger partial charge < -0.3 is 15.4 Å². The second-order valence-corrected chi connectivity index (χ2v) is 5.93. The van der Waals surface area contributed by atoms with Crippen molar-refractivity contribution in [2.24, 2.45) is 5.73 Å². The number of halogens is 2. The molecular formula is C14H18Cl2N2O2. The van der Waals surface area contributed by atoms with Gasteiger partial charge >= 0.3 is 0 Å². The molecule has 0 bridgehead atoms. The number of likely N-dealkylation sites (tertiary alicyclic amines) is 1. The summed E-state index contributed by atoms with van der Waals surface area (Å²) in [4.78, 5) is 14.0. The van der Waals surface area contributed by atoms with Gasteiger partial charge in [-0.05, 0) is 31.9 Å². The Bertz CT molecular complexity index is 496. The van der Waals surface area contributed by atoms with Crippen LogP contribution in [0.4, 0.5) is 0 Å². The molecule has 2 atom stereocenters. The fraction of sp³-hybridized carbons (Fsp3) is 0.500. The van der Waals surface area contributed by atoms with Crippen molar-refractivity contribution in [3.05, 3.63) is 28.2 Å². The lowest BCUT2D eigenvalue weighted by atomic mass is 9.99. The van der Waals surface area contributed by atoms with E-state index in [0.29, 0.717) is 22.3 Å². The highest BCUT2D eigenvalue weighted by Crippen LogP contribution is 2.27. The molecule has 6 heteroatoms. The average Bonchev–Trinajstić information content (AvgIpc) is 2.39. The zero-order valence-corrected chi connectivity index (χ0v) is 12.8. The van der Waals surface area contributed by atoms with Crippen molar-refractivity contribution in [1.29, 1.82) is 0 Å². The van der Waals surface area contributed by atoms with Crippen LogP contribution < -0.4 is 10.5 Å². The van der Waals surface area contributed by atoms with E-state index < -0.39 is 0 Å². The SMILES string of the molecule is C[C@@H]1C[C@@H](N)CCN1C(=O)COc1cc(Cl)ccc1Cl. The first-order valence-electron chi connectivity index (χ1n) is 6.60. The molecule has 0 radical (unpaired) electrons. The number of rotatable bonds is 3. The minimum absolute atomic E-state index is 0.0420. The smallest absolute Gasteiger partial charge is 0.260 e. The molecule has 1 heterocycles. The highest BCUT2D eigenvalue weighted by Gasteiger charge is 2.27. The lowest BCUT2D eigenvalue weighted by molar-refractivity contribution is -0.136. The van der Waals surface area contributed by atoms with E-state index in [-0.39, 0.29) is 24.6 Å². The number of benzene rings is 1. The third kappa shape index (κ3) is 3.78. The van der Waals surface area contributed by atoms with Crippen LogP contribution in [0.2, 0.25) is 10.0 Å². The molecule has 0 aliphatic carbocycles. The van der Waals surface area contributed by atoms with E-state index in [4.69, 9.17) is 33.7 Å². The minimum atomic E-state index is -0.0551. The molecule has 0 saturated carbocycles. The van der Waals surface area contributed by atoms with E-state index in [1.165, 1.54) is 0 Å². The Morgan fingerprint density at radius 1 is 1.50 bits per heavy atom. The van der Waals surface area contributed by atoms with Gasteiger partial charge in [0, 0.05) is 29.7 Å². The molecule has 1 aromatic carbocycles. The van der Waals surface area contributed by atoms with E-state index in [2.05, 4.69) is 0 Å². The summed E-state index contributed by atoms with van der Waals surface area (Å²) in [5, 5.41) is 0.963. The Labute approximate surface area is 128 Å². The van der Waals surface area contributed by atoms with Crippen molar-refractivity contribution in [2.45, 2.75) is 31.8 Å². The molecular weight excluding hydrogens is 299 g/mol. The van der Waals surface area contributed by atoms with Crippen molar-refractivity contribution in [3.8, 4) is 5.75 Å². The lowest BCUT2D eigenvalue weighted by Gasteiger charge is -2.36. The fourth-order valence-corrected chi connectivity index (χ4v) is 2.72. The maximum Gasteiger partial charge on any atom is 0.260 e. The maximum atomic E-state index is 12.2. The summed E-state index contributed by atoms with van der Waals surface area (Å²) >= 11 is 11.9. The van der Waals surface area contributed by atoms with E-state index in [1.807, 2.05) is 11.8 Å². The molecule has 2 rings (SSSR count). The van der Waals surface area contributed by atoms with Gasteiger partial charge in [-0.1, -0.05) is 23.2 Å². The van der Waals surface area contributed by atoms with Crippen LogP contribution in [0.3, 0.4) is 0 Å². The number of ether oxygens (including phenoxy) is 1. The van der Waals surface area contributed by atoms with Gasteiger partial charge in [-0.3, -0.25) is 4.79 Å². The molecule has 1 saturated heterocycles. The third-order valence-corrected chi connectivity index (χ3v) is 4.03. The quantitative estimate of drug-likeness (QED) is 0.932. The predicted molar refractivity (Wildman–Crippen MR) is 80.3 cm³/mol. The topological polar surface area (TPSA) is 55.6 Å².